The molecule has 29 heavy (non-hydrogen) atoms. The lowest BCUT2D eigenvalue weighted by molar-refractivity contribution is -0.141. The molecule has 2 aromatic rings. The van der Waals surface area contributed by atoms with Crippen LogP contribution >= 0.6 is 11.8 Å². The summed E-state index contributed by atoms with van der Waals surface area (Å²) in [6.45, 7) is 0.949. The van der Waals surface area contributed by atoms with Gasteiger partial charge in [0.2, 0.25) is 11.9 Å². The molecule has 7 nitrogen and oxygen atoms in total. The summed E-state index contributed by atoms with van der Waals surface area (Å²) in [5.74, 6) is -0.0749. The fraction of sp³-hybridized carbons (Fsp3) is 0.500. The first-order valence-electron chi connectivity index (χ1n) is 9.07. The lowest BCUT2D eigenvalue weighted by atomic mass is 10.2. The minimum absolute atomic E-state index is 0.0254. The van der Waals surface area contributed by atoms with Crippen LogP contribution in [0.2, 0.25) is 0 Å². The summed E-state index contributed by atoms with van der Waals surface area (Å²) in [4.78, 5) is 15.7. The summed E-state index contributed by atoms with van der Waals surface area (Å²) in [5.41, 5.74) is 0.975. The summed E-state index contributed by atoms with van der Waals surface area (Å²) in [6.07, 6.45) is -4.42. The van der Waals surface area contributed by atoms with Crippen molar-refractivity contribution in [2.24, 2.45) is 0 Å². The number of hydrogen-bond acceptors (Lipinski definition) is 6. The number of anilines is 1. The van der Waals surface area contributed by atoms with E-state index in [2.05, 4.69) is 10.2 Å². The molecule has 1 aliphatic rings. The Morgan fingerprint density at radius 3 is 2.55 bits per heavy atom. The van der Waals surface area contributed by atoms with Crippen LogP contribution in [0.3, 0.4) is 0 Å². The van der Waals surface area contributed by atoms with Crippen molar-refractivity contribution in [2.75, 3.05) is 44.0 Å². The van der Waals surface area contributed by atoms with E-state index in [1.165, 1.54) is 4.90 Å². The van der Waals surface area contributed by atoms with E-state index in [9.17, 15) is 18.0 Å². The van der Waals surface area contributed by atoms with Crippen molar-refractivity contribution in [1.29, 1.82) is 0 Å². The predicted octanol–water partition coefficient (Wildman–Crippen LogP) is 2.43. The van der Waals surface area contributed by atoms with E-state index in [1.54, 1.807) is 11.9 Å². The third-order valence-electron chi connectivity index (χ3n) is 4.34. The van der Waals surface area contributed by atoms with Gasteiger partial charge in [0, 0.05) is 26.7 Å². The molecule has 1 aromatic heterocycles. The fourth-order valence-electron chi connectivity index (χ4n) is 2.88. The number of aromatic nitrogens is 3. The van der Waals surface area contributed by atoms with E-state index >= 15 is 0 Å². The van der Waals surface area contributed by atoms with Gasteiger partial charge in [-0.05, 0) is 5.56 Å². The van der Waals surface area contributed by atoms with Crippen molar-refractivity contribution < 1.29 is 22.7 Å². The number of amides is 1. The zero-order valence-electron chi connectivity index (χ0n) is 15.9. The third kappa shape index (κ3) is 6.10. The van der Waals surface area contributed by atoms with Crippen LogP contribution in [0.1, 0.15) is 5.56 Å². The Hall–Kier alpha value is -2.27. The molecule has 1 saturated heterocycles. The standard InChI is InChI=1S/C18H22F3N5O2S/c1-24(11-14-5-3-2-4-6-14)15(27)12-29-17-23-22-16(25-7-9-28-10-8-25)26(17)13-18(19,20)21/h2-6H,7-13H2,1H3. The van der Waals surface area contributed by atoms with Crippen molar-refractivity contribution in [3.63, 3.8) is 0 Å². The topological polar surface area (TPSA) is 63.5 Å². The summed E-state index contributed by atoms with van der Waals surface area (Å²) in [6, 6.07) is 9.47. The average Bonchev–Trinajstić information content (AvgIpc) is 3.08. The van der Waals surface area contributed by atoms with Gasteiger partial charge in [0.15, 0.2) is 5.16 Å². The second-order valence-electron chi connectivity index (χ2n) is 6.61. The van der Waals surface area contributed by atoms with Crippen molar-refractivity contribution >= 4 is 23.6 Å². The Morgan fingerprint density at radius 1 is 1.21 bits per heavy atom. The lowest BCUT2D eigenvalue weighted by Crippen LogP contribution is -2.38. The van der Waals surface area contributed by atoms with Gasteiger partial charge >= 0.3 is 6.18 Å². The van der Waals surface area contributed by atoms with E-state index in [1.807, 2.05) is 30.3 Å². The van der Waals surface area contributed by atoms with Crippen LogP contribution in [0, 0.1) is 0 Å². The Bertz CT molecular complexity index is 810. The molecule has 0 bridgehead atoms. The molecular formula is C18H22F3N5O2S. The molecule has 0 N–H and O–H groups in total. The second-order valence-corrected chi connectivity index (χ2v) is 7.55. The van der Waals surface area contributed by atoms with Crippen molar-refractivity contribution in [3.8, 4) is 0 Å². The highest BCUT2D eigenvalue weighted by molar-refractivity contribution is 7.99. The van der Waals surface area contributed by atoms with Crippen LogP contribution < -0.4 is 4.90 Å². The summed E-state index contributed by atoms with van der Waals surface area (Å²) in [5, 5.41) is 7.94. The molecule has 0 unspecified atom stereocenters. The predicted molar refractivity (Wildman–Crippen MR) is 103 cm³/mol. The second kappa shape index (κ2) is 9.49. The van der Waals surface area contributed by atoms with Gasteiger partial charge in [-0.1, -0.05) is 42.1 Å². The van der Waals surface area contributed by atoms with Gasteiger partial charge in [0.1, 0.15) is 6.54 Å². The first-order chi connectivity index (χ1) is 13.8. The molecule has 0 radical (unpaired) electrons. The van der Waals surface area contributed by atoms with Crippen LogP contribution in [-0.4, -0.2) is 70.9 Å². The number of hydrogen-bond donors (Lipinski definition) is 0. The highest BCUT2D eigenvalue weighted by atomic mass is 32.2. The van der Waals surface area contributed by atoms with Gasteiger partial charge in [-0.2, -0.15) is 13.2 Å². The number of thioether (sulfide) groups is 1. The summed E-state index contributed by atoms with van der Waals surface area (Å²) in [7, 11) is 1.66. The molecular weight excluding hydrogens is 407 g/mol. The quantitative estimate of drug-likeness (QED) is 0.630. The largest absolute Gasteiger partial charge is 0.406 e. The molecule has 1 amide bonds. The van der Waals surface area contributed by atoms with Crippen LogP contribution in [0.4, 0.5) is 19.1 Å². The van der Waals surface area contributed by atoms with Crippen LogP contribution in [-0.2, 0) is 22.6 Å². The SMILES string of the molecule is CN(Cc1ccccc1)C(=O)CSc1nnc(N2CCOCC2)n1CC(F)(F)F. The Morgan fingerprint density at radius 2 is 1.90 bits per heavy atom. The first kappa shape index (κ1) is 21.4. The first-order valence-corrected chi connectivity index (χ1v) is 10.1. The molecule has 11 heteroatoms. The van der Waals surface area contributed by atoms with Crippen molar-refractivity contribution in [2.45, 2.75) is 24.4 Å². The number of carbonyl (C=O) groups excluding carboxylic acids is 1. The van der Waals surface area contributed by atoms with Gasteiger partial charge in [-0.25, -0.2) is 0 Å². The van der Waals surface area contributed by atoms with Crippen LogP contribution in [0.5, 0.6) is 0 Å². The van der Waals surface area contributed by atoms with E-state index in [0.29, 0.717) is 32.8 Å². The minimum atomic E-state index is -4.42. The van der Waals surface area contributed by atoms with Crippen LogP contribution in [0.15, 0.2) is 35.5 Å². The van der Waals surface area contributed by atoms with Crippen molar-refractivity contribution in [1.82, 2.24) is 19.7 Å². The zero-order valence-corrected chi connectivity index (χ0v) is 16.7. The third-order valence-corrected chi connectivity index (χ3v) is 5.29. The summed E-state index contributed by atoms with van der Waals surface area (Å²) < 4.78 is 45.6. The number of ether oxygens (including phenoxy) is 1. The van der Waals surface area contributed by atoms with Gasteiger partial charge in [0.05, 0.1) is 19.0 Å². The maximum Gasteiger partial charge on any atom is 0.406 e. The Kier molecular flexibility index (Phi) is 7.01. The van der Waals surface area contributed by atoms with E-state index in [4.69, 9.17) is 4.74 Å². The van der Waals surface area contributed by atoms with E-state index in [0.717, 1.165) is 21.9 Å². The molecule has 0 aliphatic carbocycles. The average molecular weight is 429 g/mol. The Labute approximate surface area is 170 Å². The lowest BCUT2D eigenvalue weighted by Gasteiger charge is -2.28. The van der Waals surface area contributed by atoms with Gasteiger partial charge in [-0.3, -0.25) is 9.36 Å². The smallest absolute Gasteiger partial charge is 0.378 e. The van der Waals surface area contributed by atoms with E-state index < -0.39 is 12.7 Å². The number of rotatable bonds is 7. The monoisotopic (exact) mass is 429 g/mol. The zero-order chi connectivity index (χ0) is 20.9. The minimum Gasteiger partial charge on any atom is -0.378 e. The maximum absolute atomic E-state index is 13.1. The van der Waals surface area contributed by atoms with Gasteiger partial charge < -0.3 is 14.5 Å². The molecule has 3 rings (SSSR count). The number of carbonyl (C=O) groups is 1. The fourth-order valence-corrected chi connectivity index (χ4v) is 3.76. The molecule has 0 spiro atoms. The highest BCUT2D eigenvalue weighted by Gasteiger charge is 2.33. The van der Waals surface area contributed by atoms with Crippen molar-refractivity contribution in [3.05, 3.63) is 35.9 Å². The molecule has 1 aliphatic heterocycles. The normalized spacial score (nSPS) is 14.8. The number of benzene rings is 1. The molecule has 0 atom stereocenters. The molecule has 2 heterocycles. The maximum atomic E-state index is 13.1. The van der Waals surface area contributed by atoms with E-state index in [-0.39, 0.29) is 22.8 Å². The number of morpholine rings is 1. The number of nitrogens with zero attached hydrogens (tertiary/aromatic N) is 5. The number of alkyl halides is 3. The summed E-state index contributed by atoms with van der Waals surface area (Å²) >= 11 is 0.960. The van der Waals surface area contributed by atoms with Gasteiger partial charge in [0.25, 0.3) is 0 Å². The molecule has 158 valence electrons. The van der Waals surface area contributed by atoms with Crippen LogP contribution in [0.25, 0.3) is 0 Å². The number of halogens is 3. The molecule has 1 aromatic carbocycles. The molecule has 1 fully saturated rings. The highest BCUT2D eigenvalue weighted by Crippen LogP contribution is 2.28. The van der Waals surface area contributed by atoms with Gasteiger partial charge in [-0.15, -0.1) is 10.2 Å². The Balaban J connectivity index is 1.67. The molecule has 0 saturated carbocycles.